The standard InChI is InChI=1S/C15H13Cl2N3O5S/c1-26(24,25)19(10-4-2-5-11(8-10)20(22)23)9-14(21)18-13-7-3-6-12(16)15(13)17/h2-8H,9H2,1H3,(H,18,21). The topological polar surface area (TPSA) is 110 Å². The molecule has 0 aliphatic heterocycles. The van der Waals surface area contributed by atoms with Crippen molar-refractivity contribution in [2.45, 2.75) is 0 Å². The molecule has 138 valence electrons. The first-order chi connectivity index (χ1) is 12.1. The van der Waals surface area contributed by atoms with E-state index in [0.29, 0.717) is 0 Å². The number of nitro groups is 1. The number of carbonyl (C=O) groups excluding carboxylic acids is 1. The van der Waals surface area contributed by atoms with Crippen molar-refractivity contribution >= 4 is 56.2 Å². The third-order valence-electron chi connectivity index (χ3n) is 3.24. The zero-order chi connectivity index (χ0) is 19.5. The average molecular weight is 418 g/mol. The minimum Gasteiger partial charge on any atom is -0.323 e. The van der Waals surface area contributed by atoms with E-state index in [9.17, 15) is 23.3 Å². The lowest BCUT2D eigenvalue weighted by atomic mass is 10.3. The Labute approximate surface area is 159 Å². The Morgan fingerprint density at radius 1 is 1.23 bits per heavy atom. The molecular weight excluding hydrogens is 405 g/mol. The SMILES string of the molecule is CS(=O)(=O)N(CC(=O)Nc1cccc(Cl)c1Cl)c1cccc([N+](=O)[O-])c1. The van der Waals surface area contributed by atoms with E-state index in [-0.39, 0.29) is 27.1 Å². The highest BCUT2D eigenvalue weighted by Crippen LogP contribution is 2.29. The van der Waals surface area contributed by atoms with E-state index in [1.54, 1.807) is 6.07 Å². The third kappa shape index (κ3) is 4.84. The molecule has 2 rings (SSSR count). The smallest absolute Gasteiger partial charge is 0.271 e. The van der Waals surface area contributed by atoms with Crippen LogP contribution in [0.2, 0.25) is 10.0 Å². The molecule has 2 aromatic rings. The summed E-state index contributed by atoms with van der Waals surface area (Å²) < 4.78 is 24.9. The summed E-state index contributed by atoms with van der Waals surface area (Å²) >= 11 is 11.8. The zero-order valence-electron chi connectivity index (χ0n) is 13.3. The van der Waals surface area contributed by atoms with Gasteiger partial charge in [0, 0.05) is 12.1 Å². The van der Waals surface area contributed by atoms with E-state index in [0.717, 1.165) is 16.6 Å². The first-order valence-corrected chi connectivity index (χ1v) is 9.66. The van der Waals surface area contributed by atoms with E-state index in [1.807, 2.05) is 0 Å². The van der Waals surface area contributed by atoms with Crippen LogP contribution in [0, 0.1) is 10.1 Å². The van der Waals surface area contributed by atoms with Crippen LogP contribution in [-0.2, 0) is 14.8 Å². The van der Waals surface area contributed by atoms with Crippen LogP contribution >= 0.6 is 23.2 Å². The van der Waals surface area contributed by atoms with Crippen LogP contribution in [0.3, 0.4) is 0 Å². The van der Waals surface area contributed by atoms with Crippen molar-refractivity contribution in [1.29, 1.82) is 0 Å². The number of non-ortho nitro benzene ring substituents is 1. The third-order valence-corrected chi connectivity index (χ3v) is 5.20. The Bertz CT molecular complexity index is 966. The lowest BCUT2D eigenvalue weighted by Gasteiger charge is -2.21. The van der Waals surface area contributed by atoms with Gasteiger partial charge in [0.05, 0.1) is 32.6 Å². The molecule has 0 bridgehead atoms. The molecule has 0 spiro atoms. The Hall–Kier alpha value is -2.36. The van der Waals surface area contributed by atoms with Crippen LogP contribution in [0.5, 0.6) is 0 Å². The zero-order valence-corrected chi connectivity index (χ0v) is 15.7. The van der Waals surface area contributed by atoms with Gasteiger partial charge in [-0.05, 0) is 18.2 Å². The molecular formula is C15H13Cl2N3O5S. The van der Waals surface area contributed by atoms with E-state index < -0.39 is 27.4 Å². The number of halogens is 2. The maximum Gasteiger partial charge on any atom is 0.271 e. The number of hydrogen-bond acceptors (Lipinski definition) is 5. The van der Waals surface area contributed by atoms with Crippen LogP contribution in [0.25, 0.3) is 0 Å². The van der Waals surface area contributed by atoms with Gasteiger partial charge in [0.15, 0.2) is 0 Å². The number of nitrogens with zero attached hydrogens (tertiary/aromatic N) is 2. The van der Waals surface area contributed by atoms with Crippen molar-refractivity contribution < 1.29 is 18.1 Å². The number of sulfonamides is 1. The first kappa shape index (κ1) is 20.0. The molecule has 1 amide bonds. The Morgan fingerprint density at radius 3 is 2.50 bits per heavy atom. The summed E-state index contributed by atoms with van der Waals surface area (Å²) in [5.41, 5.74) is -0.0832. The van der Waals surface area contributed by atoms with Crippen molar-refractivity contribution in [3.05, 3.63) is 62.6 Å². The Kier molecular flexibility index (Phi) is 6.06. The van der Waals surface area contributed by atoms with Gasteiger partial charge in [-0.15, -0.1) is 0 Å². The van der Waals surface area contributed by atoms with E-state index >= 15 is 0 Å². The Balaban J connectivity index is 2.29. The molecule has 0 radical (unpaired) electrons. The molecule has 0 atom stereocenters. The molecule has 0 fully saturated rings. The van der Waals surface area contributed by atoms with E-state index in [4.69, 9.17) is 23.2 Å². The molecule has 0 saturated carbocycles. The number of carbonyl (C=O) groups is 1. The largest absolute Gasteiger partial charge is 0.323 e. The molecule has 1 N–H and O–H groups in total. The number of amides is 1. The van der Waals surface area contributed by atoms with Crippen molar-refractivity contribution in [3.8, 4) is 0 Å². The maximum atomic E-state index is 12.3. The minimum atomic E-state index is -3.88. The van der Waals surface area contributed by atoms with Crippen molar-refractivity contribution in [1.82, 2.24) is 0 Å². The fourth-order valence-corrected chi connectivity index (χ4v) is 3.28. The van der Waals surface area contributed by atoms with Crippen molar-refractivity contribution in [2.75, 3.05) is 22.4 Å². The number of benzene rings is 2. The number of nitro benzene ring substituents is 1. The van der Waals surface area contributed by atoms with Gasteiger partial charge in [-0.1, -0.05) is 35.3 Å². The predicted molar refractivity (Wildman–Crippen MR) is 100 cm³/mol. The summed E-state index contributed by atoms with van der Waals surface area (Å²) in [4.78, 5) is 22.5. The fourth-order valence-electron chi connectivity index (χ4n) is 2.08. The van der Waals surface area contributed by atoms with Crippen LogP contribution in [0.4, 0.5) is 17.1 Å². The highest BCUT2D eigenvalue weighted by molar-refractivity contribution is 7.92. The summed E-state index contributed by atoms with van der Waals surface area (Å²) in [7, 11) is -3.88. The molecule has 0 aliphatic carbocycles. The van der Waals surface area contributed by atoms with Crippen LogP contribution < -0.4 is 9.62 Å². The number of anilines is 2. The number of nitrogens with one attached hydrogen (secondary N) is 1. The molecule has 0 saturated heterocycles. The lowest BCUT2D eigenvalue weighted by molar-refractivity contribution is -0.384. The van der Waals surface area contributed by atoms with Gasteiger partial charge in [0.25, 0.3) is 5.69 Å². The molecule has 11 heteroatoms. The van der Waals surface area contributed by atoms with Gasteiger partial charge < -0.3 is 5.32 Å². The second kappa shape index (κ2) is 7.90. The minimum absolute atomic E-state index is 0.00552. The van der Waals surface area contributed by atoms with Gasteiger partial charge in [-0.25, -0.2) is 8.42 Å². The summed E-state index contributed by atoms with van der Waals surface area (Å²) in [5.74, 6) is -0.689. The molecule has 26 heavy (non-hydrogen) atoms. The normalized spacial score (nSPS) is 11.0. The first-order valence-electron chi connectivity index (χ1n) is 7.05. The molecule has 8 nitrogen and oxygen atoms in total. The predicted octanol–water partition coefficient (Wildman–Crippen LogP) is 3.31. The molecule has 0 aromatic heterocycles. The highest BCUT2D eigenvalue weighted by Gasteiger charge is 2.23. The van der Waals surface area contributed by atoms with Crippen molar-refractivity contribution in [2.24, 2.45) is 0 Å². The maximum absolute atomic E-state index is 12.3. The Morgan fingerprint density at radius 2 is 1.88 bits per heavy atom. The van der Waals surface area contributed by atoms with Gasteiger partial charge >= 0.3 is 0 Å². The van der Waals surface area contributed by atoms with E-state index in [2.05, 4.69) is 5.32 Å². The van der Waals surface area contributed by atoms with Crippen LogP contribution in [0.1, 0.15) is 0 Å². The quantitative estimate of drug-likeness (QED) is 0.572. The summed E-state index contributed by atoms with van der Waals surface area (Å²) in [5, 5.41) is 13.7. The monoisotopic (exact) mass is 417 g/mol. The van der Waals surface area contributed by atoms with Crippen LogP contribution in [-0.4, -0.2) is 32.0 Å². The molecule has 2 aromatic carbocycles. The fraction of sp³-hybridized carbons (Fsp3) is 0.133. The number of rotatable bonds is 6. The van der Waals surface area contributed by atoms with Crippen molar-refractivity contribution in [3.63, 3.8) is 0 Å². The average Bonchev–Trinajstić information content (AvgIpc) is 2.56. The van der Waals surface area contributed by atoms with E-state index in [1.165, 1.54) is 30.3 Å². The van der Waals surface area contributed by atoms with Crippen LogP contribution in [0.15, 0.2) is 42.5 Å². The highest BCUT2D eigenvalue weighted by atomic mass is 35.5. The molecule has 0 unspecified atom stereocenters. The molecule has 0 heterocycles. The lowest BCUT2D eigenvalue weighted by Crippen LogP contribution is -2.37. The van der Waals surface area contributed by atoms with Gasteiger partial charge in [-0.2, -0.15) is 0 Å². The second-order valence-corrected chi connectivity index (χ2v) is 7.89. The summed E-state index contributed by atoms with van der Waals surface area (Å²) in [6.45, 7) is -0.594. The van der Waals surface area contributed by atoms with Gasteiger partial charge in [-0.3, -0.25) is 19.2 Å². The summed E-state index contributed by atoms with van der Waals surface area (Å²) in [6, 6.07) is 9.58. The molecule has 0 aliphatic rings. The van der Waals surface area contributed by atoms with Gasteiger partial charge in [0.1, 0.15) is 6.54 Å². The number of hydrogen-bond donors (Lipinski definition) is 1. The van der Waals surface area contributed by atoms with Gasteiger partial charge in [0.2, 0.25) is 15.9 Å². The summed E-state index contributed by atoms with van der Waals surface area (Å²) in [6.07, 6.45) is 0.894. The second-order valence-electron chi connectivity index (χ2n) is 5.20.